The van der Waals surface area contributed by atoms with Crippen molar-refractivity contribution in [3.8, 4) is 5.75 Å². The van der Waals surface area contributed by atoms with Gasteiger partial charge >= 0.3 is 5.97 Å². The summed E-state index contributed by atoms with van der Waals surface area (Å²) in [5.41, 5.74) is 2.30. The maximum absolute atomic E-state index is 12.1. The van der Waals surface area contributed by atoms with Gasteiger partial charge in [-0.1, -0.05) is 35.9 Å². The molecule has 0 aliphatic carbocycles. The first kappa shape index (κ1) is 19.4. The first-order valence-electron chi connectivity index (χ1n) is 8.03. The van der Waals surface area contributed by atoms with E-state index in [1.165, 1.54) is 0 Å². The van der Waals surface area contributed by atoms with Gasteiger partial charge in [-0.2, -0.15) is 5.10 Å². The summed E-state index contributed by atoms with van der Waals surface area (Å²) >= 11 is 2.19. The summed E-state index contributed by atoms with van der Waals surface area (Å²) in [4.78, 5) is 16.7. The van der Waals surface area contributed by atoms with Crippen LogP contribution in [0.2, 0.25) is 0 Å². The molecule has 0 spiro atoms. The summed E-state index contributed by atoms with van der Waals surface area (Å²) in [6, 6.07) is 5.45. The Bertz CT molecular complexity index is 740. The predicted molar refractivity (Wildman–Crippen MR) is 104 cm³/mol. The number of alkyl halides is 1. The van der Waals surface area contributed by atoms with Crippen LogP contribution in [0.1, 0.15) is 42.1 Å². The van der Waals surface area contributed by atoms with Crippen molar-refractivity contribution in [2.75, 3.05) is 19.0 Å². The van der Waals surface area contributed by atoms with Gasteiger partial charge in [-0.25, -0.2) is 9.78 Å². The number of hydrogen-bond donors (Lipinski definition) is 1. The number of pyridine rings is 1. The molecule has 2 rings (SSSR count). The topological polar surface area (TPSA) is 86.2 Å². The molecule has 25 heavy (non-hydrogen) atoms. The normalized spacial score (nSPS) is 10.4. The van der Waals surface area contributed by atoms with Crippen molar-refractivity contribution in [3.05, 3.63) is 35.3 Å². The second-order valence-corrected chi connectivity index (χ2v) is 5.94. The third kappa shape index (κ3) is 5.00. The lowest BCUT2D eigenvalue weighted by Gasteiger charge is -2.13. The van der Waals surface area contributed by atoms with E-state index in [9.17, 15) is 4.79 Å². The second-order valence-electron chi connectivity index (χ2n) is 5.17. The molecule has 2 heterocycles. The second kappa shape index (κ2) is 9.50. The van der Waals surface area contributed by atoms with Gasteiger partial charge < -0.3 is 14.8 Å². The first-order valence-corrected chi connectivity index (χ1v) is 9.56. The highest BCUT2D eigenvalue weighted by Crippen LogP contribution is 2.24. The van der Waals surface area contributed by atoms with Crippen molar-refractivity contribution in [1.29, 1.82) is 0 Å². The van der Waals surface area contributed by atoms with Crippen molar-refractivity contribution in [3.63, 3.8) is 0 Å². The van der Waals surface area contributed by atoms with Crippen LogP contribution in [0.4, 0.5) is 11.5 Å². The number of carbonyl (C=O) groups excluding carboxylic acids is 1. The van der Waals surface area contributed by atoms with E-state index in [1.54, 1.807) is 26.2 Å². The van der Waals surface area contributed by atoms with E-state index in [0.717, 1.165) is 30.0 Å². The number of ether oxygens (including phenoxy) is 2. The standard InChI is InChI=1S/C17H21IN4O3/c1-4-6-12-14(24-3)7-8-15(19-12)20-13-9-11(10-18)21-22-16(13)17(23)25-5-2/h7-9H,4-6,10H2,1-3H3,(H,19,20,21). The molecule has 2 aromatic rings. The smallest absolute Gasteiger partial charge is 0.361 e. The van der Waals surface area contributed by atoms with Gasteiger partial charge in [-0.3, -0.25) is 0 Å². The van der Waals surface area contributed by atoms with Crippen molar-refractivity contribution in [1.82, 2.24) is 15.2 Å². The average Bonchev–Trinajstić information content (AvgIpc) is 2.62. The Morgan fingerprint density at radius 2 is 2.08 bits per heavy atom. The minimum atomic E-state index is -0.514. The van der Waals surface area contributed by atoms with E-state index in [0.29, 0.717) is 15.9 Å². The molecule has 0 aliphatic heterocycles. The van der Waals surface area contributed by atoms with Crippen LogP contribution in [0.25, 0.3) is 0 Å². The van der Waals surface area contributed by atoms with Crippen molar-refractivity contribution in [2.45, 2.75) is 31.1 Å². The van der Waals surface area contributed by atoms with E-state index in [-0.39, 0.29) is 12.3 Å². The Labute approximate surface area is 160 Å². The summed E-state index contributed by atoms with van der Waals surface area (Å²) in [7, 11) is 1.63. The van der Waals surface area contributed by atoms with Crippen molar-refractivity contribution >= 4 is 40.1 Å². The molecule has 8 heteroatoms. The summed E-state index contributed by atoms with van der Waals surface area (Å²) in [5.74, 6) is 0.848. The number of carbonyl (C=O) groups is 1. The molecular formula is C17H21IN4O3. The summed E-state index contributed by atoms with van der Waals surface area (Å²) in [5, 5.41) is 11.2. The molecule has 2 aromatic heterocycles. The Hall–Kier alpha value is -1.97. The number of nitrogens with one attached hydrogen (secondary N) is 1. The number of aromatic nitrogens is 3. The van der Waals surface area contributed by atoms with Gasteiger partial charge in [-0.05, 0) is 31.5 Å². The number of aryl methyl sites for hydroxylation is 1. The van der Waals surface area contributed by atoms with Crippen LogP contribution in [-0.2, 0) is 15.6 Å². The molecule has 0 saturated carbocycles. The predicted octanol–water partition coefficient (Wildman–Crippen LogP) is 3.69. The highest BCUT2D eigenvalue weighted by Gasteiger charge is 2.17. The zero-order valence-electron chi connectivity index (χ0n) is 14.5. The van der Waals surface area contributed by atoms with E-state index in [2.05, 4.69) is 50.0 Å². The highest BCUT2D eigenvalue weighted by molar-refractivity contribution is 14.1. The minimum absolute atomic E-state index is 0.144. The lowest BCUT2D eigenvalue weighted by Crippen LogP contribution is -2.13. The lowest BCUT2D eigenvalue weighted by molar-refractivity contribution is 0.0519. The number of hydrogen-bond acceptors (Lipinski definition) is 7. The quantitative estimate of drug-likeness (QED) is 0.369. The van der Waals surface area contributed by atoms with Crippen LogP contribution >= 0.6 is 22.6 Å². The van der Waals surface area contributed by atoms with Gasteiger partial charge in [-0.15, -0.1) is 5.10 Å². The van der Waals surface area contributed by atoms with Crippen LogP contribution in [0.5, 0.6) is 5.75 Å². The molecule has 0 unspecified atom stereocenters. The van der Waals surface area contributed by atoms with E-state index >= 15 is 0 Å². The molecule has 1 N–H and O–H groups in total. The maximum Gasteiger partial charge on any atom is 0.361 e. The van der Waals surface area contributed by atoms with Gasteiger partial charge in [0.05, 0.1) is 30.8 Å². The molecule has 0 aliphatic rings. The SMILES string of the molecule is CCCc1nc(Nc2cc(CI)nnc2C(=O)OCC)ccc1OC. The molecule has 0 radical (unpaired) electrons. The van der Waals surface area contributed by atoms with Crippen LogP contribution in [0.3, 0.4) is 0 Å². The zero-order chi connectivity index (χ0) is 18.2. The summed E-state index contributed by atoms with van der Waals surface area (Å²) in [6.45, 7) is 4.11. The first-order chi connectivity index (χ1) is 12.1. The van der Waals surface area contributed by atoms with Crippen molar-refractivity contribution < 1.29 is 14.3 Å². The summed E-state index contributed by atoms with van der Waals surface area (Å²) < 4.78 is 11.1. The molecule has 0 bridgehead atoms. The van der Waals surface area contributed by atoms with Crippen molar-refractivity contribution in [2.24, 2.45) is 0 Å². The molecular weight excluding hydrogens is 435 g/mol. The third-order valence-corrected chi connectivity index (χ3v) is 4.13. The molecule has 7 nitrogen and oxygen atoms in total. The van der Waals surface area contributed by atoms with E-state index in [1.807, 2.05) is 6.07 Å². The third-order valence-electron chi connectivity index (χ3n) is 3.35. The highest BCUT2D eigenvalue weighted by atomic mass is 127. The van der Waals surface area contributed by atoms with Gasteiger partial charge in [0.15, 0.2) is 5.69 Å². The monoisotopic (exact) mass is 456 g/mol. The van der Waals surface area contributed by atoms with E-state index < -0.39 is 5.97 Å². The van der Waals surface area contributed by atoms with Crippen LogP contribution in [-0.4, -0.2) is 34.9 Å². The number of esters is 1. The number of methoxy groups -OCH3 is 1. The molecule has 0 aromatic carbocycles. The Balaban J connectivity index is 2.37. The number of rotatable bonds is 8. The zero-order valence-corrected chi connectivity index (χ0v) is 16.7. The Kier molecular flexibility index (Phi) is 7.35. The molecule has 0 saturated heterocycles. The van der Waals surface area contributed by atoms with Gasteiger partial charge in [0.2, 0.25) is 0 Å². The average molecular weight is 456 g/mol. The van der Waals surface area contributed by atoms with Gasteiger partial charge in [0, 0.05) is 4.43 Å². The Morgan fingerprint density at radius 1 is 1.28 bits per heavy atom. The largest absolute Gasteiger partial charge is 0.495 e. The fraction of sp³-hybridized carbons (Fsp3) is 0.412. The summed E-state index contributed by atoms with van der Waals surface area (Å²) in [6.07, 6.45) is 1.76. The molecule has 0 fully saturated rings. The van der Waals surface area contributed by atoms with Gasteiger partial charge in [0.1, 0.15) is 11.6 Å². The van der Waals surface area contributed by atoms with Crippen LogP contribution in [0, 0.1) is 0 Å². The maximum atomic E-state index is 12.1. The van der Waals surface area contributed by atoms with Crippen LogP contribution in [0.15, 0.2) is 18.2 Å². The number of halogens is 1. The molecule has 0 atom stereocenters. The Morgan fingerprint density at radius 3 is 2.72 bits per heavy atom. The fourth-order valence-corrected chi connectivity index (χ4v) is 2.61. The fourth-order valence-electron chi connectivity index (χ4n) is 2.24. The number of anilines is 2. The number of nitrogens with zero attached hydrogens (tertiary/aromatic N) is 3. The lowest BCUT2D eigenvalue weighted by atomic mass is 10.2. The van der Waals surface area contributed by atoms with Gasteiger partial charge in [0.25, 0.3) is 0 Å². The van der Waals surface area contributed by atoms with Crippen LogP contribution < -0.4 is 10.1 Å². The molecule has 134 valence electrons. The minimum Gasteiger partial charge on any atom is -0.495 e. The van der Waals surface area contributed by atoms with E-state index in [4.69, 9.17) is 9.47 Å². The molecule has 0 amide bonds.